The molecule has 0 amide bonds. The molecule has 3 aromatic rings. The number of carboxylic acid groups (broad SMARTS) is 1. The van der Waals surface area contributed by atoms with Crippen molar-refractivity contribution in [2.24, 2.45) is 0 Å². The molecular weight excluding hydrogens is 333 g/mol. The topological polar surface area (TPSA) is 46.5 Å². The summed E-state index contributed by atoms with van der Waals surface area (Å²) in [5.41, 5.74) is -1.07. The van der Waals surface area contributed by atoms with E-state index in [2.05, 4.69) is 0 Å². The molecule has 3 rings (SSSR count). The number of fused-ring (bicyclic) bond motifs is 1. The van der Waals surface area contributed by atoms with Crippen molar-refractivity contribution in [3.05, 3.63) is 65.7 Å². The van der Waals surface area contributed by atoms with Crippen LogP contribution in [0.2, 0.25) is 0 Å². The fourth-order valence-electron chi connectivity index (χ4n) is 2.68. The number of aromatic carboxylic acids is 1. The van der Waals surface area contributed by atoms with Crippen LogP contribution in [0.1, 0.15) is 15.9 Å². The second-order valence-corrected chi connectivity index (χ2v) is 5.49. The molecule has 0 heterocycles. The lowest BCUT2D eigenvalue weighted by molar-refractivity contribution is -0.137. The summed E-state index contributed by atoms with van der Waals surface area (Å²) in [4.78, 5) is 11.0. The van der Waals surface area contributed by atoms with Gasteiger partial charge in [0.15, 0.2) is 0 Å². The number of rotatable bonds is 3. The van der Waals surface area contributed by atoms with E-state index in [4.69, 9.17) is 9.84 Å². The SMILES string of the molecule is COc1ccc2cc(-c3ccc(C(=O)O)cc3C(F)(F)F)ccc2c1. The third-order valence-electron chi connectivity index (χ3n) is 3.93. The molecule has 0 spiro atoms. The molecule has 25 heavy (non-hydrogen) atoms. The van der Waals surface area contributed by atoms with Crippen LogP contribution in [0.5, 0.6) is 5.75 Å². The first kappa shape index (κ1) is 16.8. The van der Waals surface area contributed by atoms with Crippen LogP contribution in [0.4, 0.5) is 13.2 Å². The van der Waals surface area contributed by atoms with Gasteiger partial charge in [-0.3, -0.25) is 0 Å². The maximum absolute atomic E-state index is 13.4. The van der Waals surface area contributed by atoms with Gasteiger partial charge in [-0.2, -0.15) is 13.2 Å². The van der Waals surface area contributed by atoms with Gasteiger partial charge in [0.2, 0.25) is 0 Å². The lowest BCUT2D eigenvalue weighted by Gasteiger charge is -2.14. The number of carbonyl (C=O) groups is 1. The van der Waals surface area contributed by atoms with Crippen LogP contribution >= 0.6 is 0 Å². The van der Waals surface area contributed by atoms with Crippen molar-refractivity contribution in [2.45, 2.75) is 6.18 Å². The molecule has 0 atom stereocenters. The van der Waals surface area contributed by atoms with Gasteiger partial charge < -0.3 is 9.84 Å². The Morgan fingerprint density at radius 2 is 1.64 bits per heavy atom. The molecule has 6 heteroatoms. The maximum atomic E-state index is 13.4. The molecule has 3 nitrogen and oxygen atoms in total. The molecule has 0 saturated carbocycles. The summed E-state index contributed by atoms with van der Waals surface area (Å²) < 4.78 is 45.3. The number of halogens is 3. The molecule has 0 aliphatic carbocycles. The summed E-state index contributed by atoms with van der Waals surface area (Å²) in [7, 11) is 1.54. The second-order valence-electron chi connectivity index (χ2n) is 5.49. The molecule has 0 saturated heterocycles. The number of methoxy groups -OCH3 is 1. The van der Waals surface area contributed by atoms with Gasteiger partial charge in [-0.25, -0.2) is 4.79 Å². The predicted octanol–water partition coefficient (Wildman–Crippen LogP) is 5.23. The van der Waals surface area contributed by atoms with Crippen LogP contribution in [-0.2, 0) is 6.18 Å². The third kappa shape index (κ3) is 3.28. The van der Waals surface area contributed by atoms with Crippen LogP contribution in [-0.4, -0.2) is 18.2 Å². The van der Waals surface area contributed by atoms with Crippen LogP contribution in [0.15, 0.2) is 54.6 Å². The Morgan fingerprint density at radius 3 is 2.28 bits per heavy atom. The van der Waals surface area contributed by atoms with Crippen molar-refractivity contribution in [3.8, 4) is 16.9 Å². The van der Waals surface area contributed by atoms with Crippen molar-refractivity contribution < 1.29 is 27.8 Å². The van der Waals surface area contributed by atoms with E-state index in [1.165, 1.54) is 19.2 Å². The first-order valence-corrected chi connectivity index (χ1v) is 7.32. The number of hydrogen-bond acceptors (Lipinski definition) is 2. The highest BCUT2D eigenvalue weighted by molar-refractivity contribution is 5.91. The normalized spacial score (nSPS) is 11.5. The monoisotopic (exact) mass is 346 g/mol. The first-order valence-electron chi connectivity index (χ1n) is 7.32. The van der Waals surface area contributed by atoms with E-state index >= 15 is 0 Å². The Morgan fingerprint density at radius 1 is 0.960 bits per heavy atom. The van der Waals surface area contributed by atoms with Crippen molar-refractivity contribution >= 4 is 16.7 Å². The van der Waals surface area contributed by atoms with Gasteiger partial charge in [0, 0.05) is 0 Å². The molecule has 0 aliphatic heterocycles. The Hall–Kier alpha value is -3.02. The van der Waals surface area contributed by atoms with Crippen LogP contribution in [0.25, 0.3) is 21.9 Å². The van der Waals surface area contributed by atoms with E-state index in [0.717, 1.165) is 10.8 Å². The Balaban J connectivity index is 2.18. The molecule has 1 N–H and O–H groups in total. The zero-order chi connectivity index (χ0) is 18.2. The van der Waals surface area contributed by atoms with Crippen LogP contribution in [0.3, 0.4) is 0 Å². The molecule has 128 valence electrons. The van der Waals surface area contributed by atoms with E-state index in [0.29, 0.717) is 17.4 Å². The van der Waals surface area contributed by atoms with Gasteiger partial charge in [0.25, 0.3) is 0 Å². The summed E-state index contributed by atoms with van der Waals surface area (Å²) in [6.45, 7) is 0. The summed E-state index contributed by atoms with van der Waals surface area (Å²) in [5, 5.41) is 10.5. The predicted molar refractivity (Wildman–Crippen MR) is 87.9 cm³/mol. The average Bonchev–Trinajstić information content (AvgIpc) is 2.59. The zero-order valence-corrected chi connectivity index (χ0v) is 13.1. The van der Waals surface area contributed by atoms with Crippen molar-refractivity contribution in [1.82, 2.24) is 0 Å². The van der Waals surface area contributed by atoms with E-state index < -0.39 is 23.3 Å². The fourth-order valence-corrected chi connectivity index (χ4v) is 2.68. The fraction of sp³-hybridized carbons (Fsp3) is 0.105. The van der Waals surface area contributed by atoms with E-state index in [1.54, 1.807) is 36.4 Å². The lowest BCUT2D eigenvalue weighted by Crippen LogP contribution is -2.09. The highest BCUT2D eigenvalue weighted by Gasteiger charge is 2.34. The zero-order valence-electron chi connectivity index (χ0n) is 13.1. The van der Waals surface area contributed by atoms with Crippen molar-refractivity contribution in [2.75, 3.05) is 7.11 Å². The molecule has 0 aromatic heterocycles. The highest BCUT2D eigenvalue weighted by atomic mass is 19.4. The standard InChI is InChI=1S/C19H13F3O3/c1-25-15-6-4-11-8-13(3-2-12(11)9-15)16-7-5-14(18(23)24)10-17(16)19(20,21)22/h2-10H,1H3,(H,23,24). The largest absolute Gasteiger partial charge is 0.497 e. The number of carboxylic acids is 1. The first-order chi connectivity index (χ1) is 11.8. The van der Waals surface area contributed by atoms with Crippen LogP contribution < -0.4 is 4.74 Å². The highest BCUT2D eigenvalue weighted by Crippen LogP contribution is 2.38. The maximum Gasteiger partial charge on any atom is 0.417 e. The van der Waals surface area contributed by atoms with Gasteiger partial charge in [0.1, 0.15) is 5.75 Å². The molecule has 3 aromatic carbocycles. The number of benzene rings is 3. The number of ether oxygens (including phenoxy) is 1. The molecule has 0 fully saturated rings. The van der Waals surface area contributed by atoms with Crippen LogP contribution in [0, 0.1) is 0 Å². The van der Waals surface area contributed by atoms with Gasteiger partial charge in [-0.1, -0.05) is 24.3 Å². The molecule has 0 aliphatic rings. The smallest absolute Gasteiger partial charge is 0.417 e. The third-order valence-corrected chi connectivity index (χ3v) is 3.93. The summed E-state index contributed by atoms with van der Waals surface area (Å²) in [5.74, 6) is -0.746. The average molecular weight is 346 g/mol. The Labute approximate surface area is 141 Å². The summed E-state index contributed by atoms with van der Waals surface area (Å²) in [6, 6.07) is 13.2. The summed E-state index contributed by atoms with van der Waals surface area (Å²) in [6.07, 6.45) is -4.66. The van der Waals surface area contributed by atoms with E-state index in [9.17, 15) is 18.0 Å². The minimum Gasteiger partial charge on any atom is -0.497 e. The Bertz CT molecular complexity index is 962. The van der Waals surface area contributed by atoms with E-state index in [1.807, 2.05) is 0 Å². The minimum absolute atomic E-state index is 0.0600. The van der Waals surface area contributed by atoms with Gasteiger partial charge >= 0.3 is 12.1 Å². The number of alkyl halides is 3. The van der Waals surface area contributed by atoms with Crippen molar-refractivity contribution in [3.63, 3.8) is 0 Å². The quantitative estimate of drug-likeness (QED) is 0.706. The lowest BCUT2D eigenvalue weighted by atomic mass is 9.95. The van der Waals surface area contributed by atoms with Gasteiger partial charge in [-0.05, 0) is 52.2 Å². The molecular formula is C19H13F3O3. The summed E-state index contributed by atoms with van der Waals surface area (Å²) >= 11 is 0. The molecule has 0 radical (unpaired) electrons. The second kappa shape index (κ2) is 6.12. The minimum atomic E-state index is -4.66. The molecule has 0 bridgehead atoms. The van der Waals surface area contributed by atoms with E-state index in [-0.39, 0.29) is 5.56 Å². The Kier molecular flexibility index (Phi) is 4.12. The van der Waals surface area contributed by atoms with Crippen molar-refractivity contribution in [1.29, 1.82) is 0 Å². The van der Waals surface area contributed by atoms with Gasteiger partial charge in [0.05, 0.1) is 18.2 Å². The number of hydrogen-bond donors (Lipinski definition) is 1. The van der Waals surface area contributed by atoms with Gasteiger partial charge in [-0.15, -0.1) is 0 Å². The molecule has 0 unspecified atom stereocenters.